The smallest absolute Gasteiger partial charge is 0.255 e. The second-order valence-electron chi connectivity index (χ2n) is 11.7. The number of fused-ring (bicyclic) bond motifs is 1. The third kappa shape index (κ3) is 5.81. The average Bonchev–Trinajstić information content (AvgIpc) is 3.56. The molecule has 2 aliphatic heterocycles. The molecular weight excluding hydrogens is 544 g/mol. The summed E-state index contributed by atoms with van der Waals surface area (Å²) in [4.78, 5) is 43.9. The van der Waals surface area contributed by atoms with Crippen LogP contribution in [-0.4, -0.2) is 86.2 Å². The number of carbonyl (C=O) groups is 2. The predicted octanol–water partition coefficient (Wildman–Crippen LogP) is 4.35. The molecule has 11 heteroatoms. The quantitative estimate of drug-likeness (QED) is 0.419. The third-order valence-electron chi connectivity index (χ3n) is 8.88. The van der Waals surface area contributed by atoms with Gasteiger partial charge in [-0.3, -0.25) is 9.59 Å². The topological polar surface area (TPSA) is 106 Å². The van der Waals surface area contributed by atoms with Gasteiger partial charge in [0, 0.05) is 62.3 Å². The lowest BCUT2D eigenvalue weighted by Gasteiger charge is -2.42. The summed E-state index contributed by atoms with van der Waals surface area (Å²) in [5.74, 6) is 1.57. The Kier molecular flexibility index (Phi) is 8.07. The number of likely N-dealkylation sites (N-methyl/N-ethyl adjacent to an activating group) is 2. The van der Waals surface area contributed by atoms with E-state index in [9.17, 15) is 9.59 Å². The number of anilines is 6. The molecule has 3 aromatic rings. The lowest BCUT2D eigenvalue weighted by molar-refractivity contribution is -0.119. The van der Waals surface area contributed by atoms with Gasteiger partial charge in [0.2, 0.25) is 11.9 Å². The van der Waals surface area contributed by atoms with Crippen molar-refractivity contribution in [3.8, 4) is 5.75 Å². The van der Waals surface area contributed by atoms with Crippen LogP contribution in [0.4, 0.5) is 34.5 Å². The van der Waals surface area contributed by atoms with Crippen LogP contribution < -0.4 is 30.1 Å². The van der Waals surface area contributed by atoms with E-state index in [2.05, 4.69) is 37.4 Å². The molecule has 6 rings (SSSR count). The number of aromatic nitrogens is 2. The van der Waals surface area contributed by atoms with E-state index >= 15 is 0 Å². The lowest BCUT2D eigenvalue weighted by atomic mass is 10.1. The van der Waals surface area contributed by atoms with Gasteiger partial charge in [-0.2, -0.15) is 4.98 Å². The number of rotatable bonds is 7. The van der Waals surface area contributed by atoms with E-state index in [-0.39, 0.29) is 23.9 Å². The molecule has 1 saturated carbocycles. The summed E-state index contributed by atoms with van der Waals surface area (Å²) in [5, 5.41) is 6.26. The zero-order chi connectivity index (χ0) is 30.1. The largest absolute Gasteiger partial charge is 0.494 e. The predicted molar refractivity (Wildman–Crippen MR) is 170 cm³/mol. The Morgan fingerprint density at radius 3 is 2.42 bits per heavy atom. The molecule has 2 aromatic carbocycles. The van der Waals surface area contributed by atoms with Gasteiger partial charge < -0.3 is 35.0 Å². The van der Waals surface area contributed by atoms with E-state index in [1.807, 2.05) is 43.3 Å². The average molecular weight is 585 g/mol. The Hall–Kier alpha value is -4.38. The highest BCUT2D eigenvalue weighted by Gasteiger charge is 2.39. The van der Waals surface area contributed by atoms with Gasteiger partial charge in [0.25, 0.3) is 5.91 Å². The molecule has 0 bridgehead atoms. The Labute approximate surface area is 252 Å². The molecule has 0 unspecified atom stereocenters. The van der Waals surface area contributed by atoms with Crippen LogP contribution in [0.3, 0.4) is 0 Å². The number of carbonyl (C=O) groups excluding carboxylic acids is 2. The van der Waals surface area contributed by atoms with E-state index in [4.69, 9.17) is 9.72 Å². The van der Waals surface area contributed by atoms with Crippen LogP contribution in [0.2, 0.25) is 0 Å². The zero-order valence-corrected chi connectivity index (χ0v) is 25.3. The molecule has 3 aliphatic rings. The number of amides is 2. The summed E-state index contributed by atoms with van der Waals surface area (Å²) in [6.45, 7) is 5.97. The van der Waals surface area contributed by atoms with Crippen molar-refractivity contribution in [1.82, 2.24) is 14.9 Å². The molecule has 0 radical (unpaired) electrons. The Morgan fingerprint density at radius 1 is 1.00 bits per heavy atom. The van der Waals surface area contributed by atoms with E-state index in [1.54, 1.807) is 31.3 Å². The highest BCUT2D eigenvalue weighted by atomic mass is 16.5. The number of hydrogen-bond acceptors (Lipinski definition) is 9. The number of benzene rings is 2. The molecule has 3 heterocycles. The Morgan fingerprint density at radius 2 is 1.72 bits per heavy atom. The van der Waals surface area contributed by atoms with Crippen LogP contribution in [0.5, 0.6) is 5.75 Å². The van der Waals surface area contributed by atoms with Crippen LogP contribution in [0.15, 0.2) is 48.7 Å². The van der Waals surface area contributed by atoms with Crippen molar-refractivity contribution in [2.45, 2.75) is 44.7 Å². The first-order valence-corrected chi connectivity index (χ1v) is 15.1. The van der Waals surface area contributed by atoms with Gasteiger partial charge in [-0.25, -0.2) is 4.98 Å². The van der Waals surface area contributed by atoms with E-state index in [1.165, 1.54) is 0 Å². The van der Waals surface area contributed by atoms with Gasteiger partial charge in [-0.15, -0.1) is 0 Å². The van der Waals surface area contributed by atoms with Crippen LogP contribution in [-0.2, 0) is 4.79 Å². The zero-order valence-electron chi connectivity index (χ0n) is 25.3. The van der Waals surface area contributed by atoms with Gasteiger partial charge >= 0.3 is 0 Å². The number of nitrogens with zero attached hydrogens (tertiary/aromatic N) is 6. The molecule has 11 nitrogen and oxygen atoms in total. The first-order chi connectivity index (χ1) is 20.8. The minimum atomic E-state index is -0.288. The molecule has 226 valence electrons. The van der Waals surface area contributed by atoms with E-state index in [0.29, 0.717) is 34.3 Å². The fourth-order valence-electron chi connectivity index (χ4n) is 6.31. The van der Waals surface area contributed by atoms with Gasteiger partial charge in [0.1, 0.15) is 17.5 Å². The molecule has 1 aliphatic carbocycles. The summed E-state index contributed by atoms with van der Waals surface area (Å²) in [6.07, 6.45) is 6.12. The molecule has 43 heavy (non-hydrogen) atoms. The summed E-state index contributed by atoms with van der Waals surface area (Å²) in [7, 11) is 5.50. The fraction of sp³-hybridized carbons (Fsp3) is 0.438. The number of piperazine rings is 1. The van der Waals surface area contributed by atoms with Crippen LogP contribution in [0, 0.1) is 0 Å². The minimum absolute atomic E-state index is 0.0500. The maximum absolute atomic E-state index is 13.0. The first-order valence-electron chi connectivity index (χ1n) is 15.1. The fourth-order valence-corrected chi connectivity index (χ4v) is 6.31. The summed E-state index contributed by atoms with van der Waals surface area (Å²) < 4.78 is 5.66. The number of ether oxygens (including phenoxy) is 1. The normalized spacial score (nSPS) is 19.4. The second kappa shape index (κ2) is 12.1. The SMILES string of the molecule is COc1cc(NC(=O)c2ccc(N3CCN(C)CC3)cc2)ccc1Nc1ncc2c(n1)N(C1CCCC1)[C@H](C)C(=O)N2C. The van der Waals surface area contributed by atoms with Gasteiger partial charge in [-0.05, 0) is 63.2 Å². The molecule has 1 atom stereocenters. The summed E-state index contributed by atoms with van der Waals surface area (Å²) in [6, 6.07) is 13.2. The molecule has 2 amide bonds. The highest BCUT2D eigenvalue weighted by molar-refractivity contribution is 6.05. The molecule has 1 aromatic heterocycles. The van der Waals surface area contributed by atoms with Crippen molar-refractivity contribution < 1.29 is 14.3 Å². The van der Waals surface area contributed by atoms with Crippen molar-refractivity contribution in [3.63, 3.8) is 0 Å². The molecule has 2 N–H and O–H groups in total. The van der Waals surface area contributed by atoms with Crippen molar-refractivity contribution in [1.29, 1.82) is 0 Å². The van der Waals surface area contributed by atoms with Gasteiger partial charge in [0.05, 0.1) is 19.0 Å². The van der Waals surface area contributed by atoms with Gasteiger partial charge in [-0.1, -0.05) is 12.8 Å². The highest BCUT2D eigenvalue weighted by Crippen LogP contribution is 2.39. The molecule has 1 saturated heterocycles. The van der Waals surface area contributed by atoms with E-state index < -0.39 is 0 Å². The van der Waals surface area contributed by atoms with Crippen LogP contribution >= 0.6 is 0 Å². The maximum atomic E-state index is 13.0. The third-order valence-corrected chi connectivity index (χ3v) is 8.88. The van der Waals surface area contributed by atoms with Crippen LogP contribution in [0.1, 0.15) is 43.0 Å². The first kappa shape index (κ1) is 28.7. The number of nitrogens with one attached hydrogen (secondary N) is 2. The van der Waals surface area contributed by atoms with Crippen molar-refractivity contribution >= 4 is 46.3 Å². The minimum Gasteiger partial charge on any atom is -0.494 e. The standard InChI is InChI=1S/C32H40N8O3/c1-21-31(42)38(3)27-20-33-32(36-29(27)40(21)25-7-5-6-8-25)35-26-14-11-23(19-28(26)43-4)34-30(41)22-9-12-24(13-10-22)39-17-15-37(2)16-18-39/h9-14,19-21,25H,5-8,15-18H2,1-4H3,(H,34,41)(H,33,35,36)/t21-/m1/s1. The van der Waals surface area contributed by atoms with Crippen LogP contribution in [0.25, 0.3) is 0 Å². The van der Waals surface area contributed by atoms with E-state index in [0.717, 1.165) is 63.4 Å². The van der Waals surface area contributed by atoms with Crippen molar-refractivity contribution in [3.05, 3.63) is 54.2 Å². The lowest BCUT2D eigenvalue weighted by Crippen LogP contribution is -2.54. The Bertz CT molecular complexity index is 1480. The molecule has 0 spiro atoms. The second-order valence-corrected chi connectivity index (χ2v) is 11.7. The Balaban J connectivity index is 1.17. The van der Waals surface area contributed by atoms with Crippen molar-refractivity contribution in [2.75, 3.05) is 72.7 Å². The summed E-state index contributed by atoms with van der Waals surface area (Å²) in [5.41, 5.74) is 3.71. The van der Waals surface area contributed by atoms with Crippen molar-refractivity contribution in [2.24, 2.45) is 0 Å². The van der Waals surface area contributed by atoms with Gasteiger partial charge in [0.15, 0.2) is 5.82 Å². The summed E-state index contributed by atoms with van der Waals surface area (Å²) >= 11 is 0. The monoisotopic (exact) mass is 584 g/mol. The number of methoxy groups -OCH3 is 1. The molecular formula is C32H40N8O3. The number of hydrogen-bond donors (Lipinski definition) is 2. The maximum Gasteiger partial charge on any atom is 0.255 e. The molecule has 2 fully saturated rings.